The number of hydrogen-bond donors (Lipinski definition) is 2. The molecule has 0 unspecified atom stereocenters. The van der Waals surface area contributed by atoms with Crippen LogP contribution in [0.25, 0.3) is 0 Å². The van der Waals surface area contributed by atoms with E-state index in [4.69, 9.17) is 5.73 Å². The Morgan fingerprint density at radius 3 is 2.45 bits per heavy atom. The molecule has 0 radical (unpaired) electrons. The van der Waals surface area contributed by atoms with Crippen molar-refractivity contribution < 1.29 is 14.6 Å². The molecule has 0 amide bonds. The average Bonchev–Trinajstić information content (AvgIpc) is 1.85. The number of hydrogen-bond acceptors (Lipinski definition) is 4. The van der Waals surface area contributed by atoms with E-state index in [9.17, 15) is 9.90 Å². The van der Waals surface area contributed by atoms with Crippen LogP contribution < -0.4 is 5.73 Å². The van der Waals surface area contributed by atoms with Gasteiger partial charge in [0, 0.05) is 0 Å². The van der Waals surface area contributed by atoms with Gasteiger partial charge in [-0.2, -0.15) is 0 Å². The molecule has 0 aliphatic carbocycles. The number of nitrogens with two attached hydrogens (primary N) is 1. The first-order valence-corrected chi connectivity index (χ1v) is 3.54. The van der Waals surface area contributed by atoms with Gasteiger partial charge in [-0.25, -0.2) is 0 Å². The molecule has 0 saturated heterocycles. The summed E-state index contributed by atoms with van der Waals surface area (Å²) in [6.45, 7) is 4.90. The summed E-state index contributed by atoms with van der Waals surface area (Å²) in [7, 11) is 0. The molecule has 0 heterocycles. The Morgan fingerprint density at radius 1 is 1.73 bits per heavy atom. The summed E-state index contributed by atoms with van der Waals surface area (Å²) < 4.78 is 4.61. The molecule has 0 aliphatic rings. The van der Waals surface area contributed by atoms with Crippen LogP contribution in [0.15, 0.2) is 0 Å². The third kappa shape index (κ3) is 3.34. The molecule has 0 spiro atoms. The maximum atomic E-state index is 10.9. The Balaban J connectivity index is 4.03. The van der Waals surface area contributed by atoms with Crippen molar-refractivity contribution in [3.05, 3.63) is 0 Å². The highest BCUT2D eigenvalue weighted by atomic mass is 16.5. The lowest BCUT2D eigenvalue weighted by Gasteiger charge is -2.23. The van der Waals surface area contributed by atoms with E-state index in [1.54, 1.807) is 6.92 Å². The summed E-state index contributed by atoms with van der Waals surface area (Å²) >= 11 is 0. The summed E-state index contributed by atoms with van der Waals surface area (Å²) in [6, 6.07) is -0.970. The number of esters is 1. The summed E-state index contributed by atoms with van der Waals surface area (Å²) in [6.07, 6.45) is 0. The lowest BCUT2D eigenvalue weighted by Crippen LogP contribution is -2.49. The highest BCUT2D eigenvalue weighted by Crippen LogP contribution is 2.06. The molecule has 66 valence electrons. The SMILES string of the molecule is CCOC(=O)[C@@H](N)C(C)(C)O. The Hall–Kier alpha value is -0.610. The van der Waals surface area contributed by atoms with E-state index in [0.29, 0.717) is 0 Å². The Morgan fingerprint density at radius 2 is 2.18 bits per heavy atom. The molecule has 3 N–H and O–H groups in total. The summed E-state index contributed by atoms with van der Waals surface area (Å²) in [5, 5.41) is 9.26. The zero-order valence-corrected chi connectivity index (χ0v) is 7.13. The number of ether oxygens (including phenoxy) is 1. The Kier molecular flexibility index (Phi) is 3.48. The maximum Gasteiger partial charge on any atom is 0.325 e. The maximum absolute atomic E-state index is 10.9. The van der Waals surface area contributed by atoms with Crippen LogP contribution in [0.4, 0.5) is 0 Å². The lowest BCUT2D eigenvalue weighted by atomic mass is 10.0. The minimum absolute atomic E-state index is 0.280. The third-order valence-electron chi connectivity index (χ3n) is 1.30. The van der Waals surface area contributed by atoms with Crippen LogP contribution in [0, 0.1) is 0 Å². The van der Waals surface area contributed by atoms with Gasteiger partial charge in [0.15, 0.2) is 0 Å². The van der Waals surface area contributed by atoms with Gasteiger partial charge in [0.05, 0.1) is 12.2 Å². The van der Waals surface area contributed by atoms with Crippen LogP contribution in [0.5, 0.6) is 0 Å². The summed E-state index contributed by atoms with van der Waals surface area (Å²) in [5.74, 6) is -0.569. The van der Waals surface area contributed by atoms with Gasteiger partial charge in [0.25, 0.3) is 0 Å². The van der Waals surface area contributed by atoms with Crippen molar-refractivity contribution in [1.82, 2.24) is 0 Å². The van der Waals surface area contributed by atoms with E-state index in [0.717, 1.165) is 0 Å². The van der Waals surface area contributed by atoms with Crippen molar-refractivity contribution in [2.45, 2.75) is 32.4 Å². The lowest BCUT2D eigenvalue weighted by molar-refractivity contribution is -0.150. The zero-order valence-electron chi connectivity index (χ0n) is 7.13. The van der Waals surface area contributed by atoms with E-state index in [1.165, 1.54) is 13.8 Å². The standard InChI is InChI=1S/C7H15NO3/c1-4-11-6(9)5(8)7(2,3)10/h5,10H,4,8H2,1-3H3/t5-/m1/s1. The quantitative estimate of drug-likeness (QED) is 0.555. The molecule has 1 atom stereocenters. The van der Waals surface area contributed by atoms with Gasteiger partial charge < -0.3 is 15.6 Å². The van der Waals surface area contributed by atoms with Gasteiger partial charge in [0.2, 0.25) is 0 Å². The molecule has 0 fully saturated rings. The van der Waals surface area contributed by atoms with Crippen LogP contribution >= 0.6 is 0 Å². The molecule has 0 rings (SSSR count). The predicted molar refractivity (Wildman–Crippen MR) is 40.9 cm³/mol. The van der Waals surface area contributed by atoms with Gasteiger partial charge in [-0.15, -0.1) is 0 Å². The zero-order chi connectivity index (χ0) is 9.07. The largest absolute Gasteiger partial charge is 0.465 e. The molecule has 0 saturated carbocycles. The van der Waals surface area contributed by atoms with Crippen molar-refractivity contribution >= 4 is 5.97 Å². The fourth-order valence-corrected chi connectivity index (χ4v) is 0.520. The summed E-state index contributed by atoms with van der Waals surface area (Å²) in [4.78, 5) is 10.9. The number of aliphatic hydroxyl groups is 1. The molecule has 0 aromatic carbocycles. The topological polar surface area (TPSA) is 72.5 Å². The van der Waals surface area contributed by atoms with Crippen LogP contribution in [0.1, 0.15) is 20.8 Å². The molecule has 0 bridgehead atoms. The number of carbonyl (C=O) groups is 1. The monoisotopic (exact) mass is 161 g/mol. The van der Waals surface area contributed by atoms with Crippen LogP contribution in [-0.4, -0.2) is 29.3 Å². The molecule has 4 nitrogen and oxygen atoms in total. The molecule has 0 aromatic rings. The van der Waals surface area contributed by atoms with E-state index >= 15 is 0 Å². The van der Waals surface area contributed by atoms with Crippen LogP contribution in [0.3, 0.4) is 0 Å². The third-order valence-corrected chi connectivity index (χ3v) is 1.30. The van der Waals surface area contributed by atoms with Gasteiger partial charge >= 0.3 is 5.97 Å². The minimum Gasteiger partial charge on any atom is -0.465 e. The minimum atomic E-state index is -1.22. The fraction of sp³-hybridized carbons (Fsp3) is 0.857. The normalized spacial score (nSPS) is 14.3. The van der Waals surface area contributed by atoms with Gasteiger partial charge in [0.1, 0.15) is 6.04 Å². The first kappa shape index (κ1) is 10.4. The number of rotatable bonds is 3. The van der Waals surface area contributed by atoms with Gasteiger partial charge in [-0.05, 0) is 20.8 Å². The second-order valence-corrected chi connectivity index (χ2v) is 2.88. The number of carbonyl (C=O) groups excluding carboxylic acids is 1. The second kappa shape index (κ2) is 3.69. The molecular formula is C7H15NO3. The molecule has 11 heavy (non-hydrogen) atoms. The highest BCUT2D eigenvalue weighted by molar-refractivity contribution is 5.76. The van der Waals surface area contributed by atoms with Crippen molar-refractivity contribution in [3.8, 4) is 0 Å². The summed E-state index contributed by atoms with van der Waals surface area (Å²) in [5.41, 5.74) is 4.14. The van der Waals surface area contributed by atoms with Crippen molar-refractivity contribution in [3.63, 3.8) is 0 Å². The van der Waals surface area contributed by atoms with Crippen molar-refractivity contribution in [2.75, 3.05) is 6.61 Å². The van der Waals surface area contributed by atoms with E-state index in [1.807, 2.05) is 0 Å². The predicted octanol–water partition coefficient (Wildman–Crippen LogP) is -0.352. The Labute approximate surface area is 66.3 Å². The molecular weight excluding hydrogens is 146 g/mol. The molecule has 0 aliphatic heterocycles. The average molecular weight is 161 g/mol. The van der Waals surface area contributed by atoms with E-state index in [-0.39, 0.29) is 6.61 Å². The van der Waals surface area contributed by atoms with E-state index in [2.05, 4.69) is 4.74 Å². The fourth-order valence-electron chi connectivity index (χ4n) is 0.520. The first-order valence-electron chi connectivity index (χ1n) is 3.54. The highest BCUT2D eigenvalue weighted by Gasteiger charge is 2.30. The Bertz CT molecular complexity index is 139. The van der Waals surface area contributed by atoms with E-state index < -0.39 is 17.6 Å². The van der Waals surface area contributed by atoms with Crippen molar-refractivity contribution in [1.29, 1.82) is 0 Å². The first-order chi connectivity index (χ1) is 4.89. The second-order valence-electron chi connectivity index (χ2n) is 2.88. The van der Waals surface area contributed by atoms with Gasteiger partial charge in [-0.3, -0.25) is 4.79 Å². The van der Waals surface area contributed by atoms with Crippen LogP contribution in [-0.2, 0) is 9.53 Å². The molecule has 4 heteroatoms. The van der Waals surface area contributed by atoms with Crippen molar-refractivity contribution in [2.24, 2.45) is 5.73 Å². The molecule has 0 aromatic heterocycles. The van der Waals surface area contributed by atoms with Crippen LogP contribution in [0.2, 0.25) is 0 Å². The smallest absolute Gasteiger partial charge is 0.325 e. The van der Waals surface area contributed by atoms with Gasteiger partial charge in [-0.1, -0.05) is 0 Å².